The zero-order valence-corrected chi connectivity index (χ0v) is 12.2. The van der Waals surface area contributed by atoms with E-state index >= 15 is 0 Å². The Morgan fingerprint density at radius 2 is 2.00 bits per heavy atom. The molecule has 1 aromatic heterocycles. The van der Waals surface area contributed by atoms with Crippen molar-refractivity contribution >= 4 is 5.97 Å². The van der Waals surface area contributed by atoms with Crippen LogP contribution in [0.3, 0.4) is 0 Å². The van der Waals surface area contributed by atoms with E-state index in [0.717, 1.165) is 6.42 Å². The average Bonchev–Trinajstić information content (AvgIpc) is 2.75. The Labute approximate surface area is 113 Å². The molecule has 1 rings (SSSR count). The molecular formula is C13H22N2O4. The number of nitrogens with zero attached hydrogens (tertiary/aromatic N) is 2. The highest BCUT2D eigenvalue weighted by atomic mass is 16.6. The van der Waals surface area contributed by atoms with E-state index < -0.39 is 18.2 Å². The maximum atomic E-state index is 11.8. The smallest absolute Gasteiger partial charge is 0.335 e. The molecule has 1 aromatic rings. The third kappa shape index (κ3) is 5.38. The molecule has 6 heteroatoms. The average molecular weight is 270 g/mol. The maximum Gasteiger partial charge on any atom is 0.335 e. The number of hydrogen-bond donors (Lipinski definition) is 0. The van der Waals surface area contributed by atoms with Crippen LogP contribution in [-0.2, 0) is 14.3 Å². The molecule has 0 bridgehead atoms. The number of rotatable bonds is 7. The molecule has 0 spiro atoms. The molecular weight excluding hydrogens is 248 g/mol. The Hall–Kier alpha value is -1.43. The minimum Gasteiger partial charge on any atom is -0.451 e. The summed E-state index contributed by atoms with van der Waals surface area (Å²) < 4.78 is 15.6. The summed E-state index contributed by atoms with van der Waals surface area (Å²) in [4.78, 5) is 15.8. The normalized spacial score (nSPS) is 14.4. The summed E-state index contributed by atoms with van der Waals surface area (Å²) in [5.74, 6) is 0.926. The van der Waals surface area contributed by atoms with Gasteiger partial charge in [0, 0.05) is 6.61 Å². The minimum atomic E-state index is -0.592. The third-order valence-corrected chi connectivity index (χ3v) is 2.58. The molecule has 108 valence electrons. The van der Waals surface area contributed by atoms with Crippen LogP contribution in [0.15, 0.2) is 4.52 Å². The number of hydrogen-bond acceptors (Lipinski definition) is 6. The first kappa shape index (κ1) is 15.6. The van der Waals surface area contributed by atoms with Crippen LogP contribution in [0.4, 0.5) is 0 Å². The molecule has 0 aliphatic heterocycles. The zero-order valence-electron chi connectivity index (χ0n) is 12.2. The summed E-state index contributed by atoms with van der Waals surface area (Å²) in [7, 11) is 0. The molecule has 0 aromatic carbocycles. The lowest BCUT2D eigenvalue weighted by atomic mass is 10.1. The molecule has 2 unspecified atom stereocenters. The number of carbonyl (C=O) groups excluding carboxylic acids is 1. The lowest BCUT2D eigenvalue weighted by Crippen LogP contribution is -2.25. The summed E-state index contributed by atoms with van der Waals surface area (Å²) in [5.41, 5.74) is 0. The van der Waals surface area contributed by atoms with Gasteiger partial charge in [0.05, 0.1) is 0 Å². The van der Waals surface area contributed by atoms with E-state index in [0.29, 0.717) is 24.2 Å². The van der Waals surface area contributed by atoms with Crippen molar-refractivity contribution in [3.05, 3.63) is 11.7 Å². The van der Waals surface area contributed by atoms with Gasteiger partial charge in [0.15, 0.2) is 18.0 Å². The fourth-order valence-corrected chi connectivity index (χ4v) is 1.35. The summed E-state index contributed by atoms with van der Waals surface area (Å²) in [6.45, 7) is 9.82. The summed E-state index contributed by atoms with van der Waals surface area (Å²) in [5, 5.41) is 3.65. The lowest BCUT2D eigenvalue weighted by molar-refractivity contribution is -0.162. The monoisotopic (exact) mass is 270 g/mol. The molecule has 0 amide bonds. The molecule has 0 aliphatic carbocycles. The van der Waals surface area contributed by atoms with Crippen LogP contribution >= 0.6 is 0 Å². The van der Waals surface area contributed by atoms with Crippen molar-refractivity contribution in [3.63, 3.8) is 0 Å². The molecule has 2 atom stereocenters. The maximum absolute atomic E-state index is 11.8. The van der Waals surface area contributed by atoms with Crippen LogP contribution in [0.25, 0.3) is 0 Å². The van der Waals surface area contributed by atoms with Crippen LogP contribution in [0.1, 0.15) is 51.9 Å². The first-order chi connectivity index (χ1) is 8.90. The molecule has 19 heavy (non-hydrogen) atoms. The molecule has 0 fully saturated rings. The van der Waals surface area contributed by atoms with Crippen LogP contribution in [-0.4, -0.2) is 28.8 Å². The molecule has 0 saturated heterocycles. The van der Waals surface area contributed by atoms with E-state index in [9.17, 15) is 4.79 Å². The van der Waals surface area contributed by atoms with Gasteiger partial charge in [0.25, 0.3) is 5.89 Å². The van der Waals surface area contributed by atoms with Crippen molar-refractivity contribution in [2.75, 3.05) is 6.61 Å². The highest BCUT2D eigenvalue weighted by Gasteiger charge is 2.22. The zero-order chi connectivity index (χ0) is 14.4. The van der Waals surface area contributed by atoms with Crippen LogP contribution in [0.5, 0.6) is 0 Å². The van der Waals surface area contributed by atoms with E-state index in [-0.39, 0.29) is 0 Å². The Kier molecular flexibility index (Phi) is 5.95. The molecule has 0 saturated carbocycles. The van der Waals surface area contributed by atoms with E-state index in [1.165, 1.54) is 0 Å². The summed E-state index contributed by atoms with van der Waals surface area (Å²) >= 11 is 0. The summed E-state index contributed by atoms with van der Waals surface area (Å²) in [6, 6.07) is 0. The highest BCUT2D eigenvalue weighted by molar-refractivity contribution is 5.74. The first-order valence-corrected chi connectivity index (χ1v) is 6.52. The topological polar surface area (TPSA) is 74.5 Å². The molecule has 0 N–H and O–H groups in total. The molecule has 1 heterocycles. The fraction of sp³-hybridized carbons (Fsp3) is 0.769. The van der Waals surface area contributed by atoms with Crippen molar-refractivity contribution in [1.29, 1.82) is 0 Å². The highest BCUT2D eigenvalue weighted by Crippen LogP contribution is 2.15. The Balaban J connectivity index is 2.37. The predicted octanol–water partition coefficient (Wildman–Crippen LogP) is 2.43. The number of esters is 1. The van der Waals surface area contributed by atoms with Gasteiger partial charge in [-0.15, -0.1) is 0 Å². The van der Waals surface area contributed by atoms with Gasteiger partial charge in [-0.05, 0) is 33.1 Å². The largest absolute Gasteiger partial charge is 0.451 e. The Morgan fingerprint density at radius 3 is 2.53 bits per heavy atom. The predicted molar refractivity (Wildman–Crippen MR) is 68.4 cm³/mol. The van der Waals surface area contributed by atoms with E-state index in [1.54, 1.807) is 20.8 Å². The van der Waals surface area contributed by atoms with E-state index in [1.807, 2.05) is 0 Å². The molecule has 0 radical (unpaired) electrons. The lowest BCUT2D eigenvalue weighted by Gasteiger charge is -2.15. The van der Waals surface area contributed by atoms with Crippen LogP contribution in [0.2, 0.25) is 0 Å². The summed E-state index contributed by atoms with van der Waals surface area (Å²) in [6.07, 6.45) is -0.245. The Bertz CT molecular complexity index is 403. The first-order valence-electron chi connectivity index (χ1n) is 6.52. The SMILES string of the molecule is Cc1noc(C(C)OC(=O)C(C)OCCC(C)C)n1. The van der Waals surface area contributed by atoms with Gasteiger partial charge < -0.3 is 14.0 Å². The van der Waals surface area contributed by atoms with Crippen LogP contribution < -0.4 is 0 Å². The third-order valence-electron chi connectivity index (χ3n) is 2.58. The number of aromatic nitrogens is 2. The molecule has 0 aliphatic rings. The van der Waals surface area contributed by atoms with Gasteiger partial charge in [0.1, 0.15) is 0 Å². The second-order valence-corrected chi connectivity index (χ2v) is 4.95. The van der Waals surface area contributed by atoms with Gasteiger partial charge in [0.2, 0.25) is 0 Å². The van der Waals surface area contributed by atoms with Crippen LogP contribution in [0, 0.1) is 12.8 Å². The van der Waals surface area contributed by atoms with Gasteiger partial charge >= 0.3 is 5.97 Å². The van der Waals surface area contributed by atoms with Gasteiger partial charge in [-0.3, -0.25) is 0 Å². The second kappa shape index (κ2) is 7.23. The quantitative estimate of drug-likeness (QED) is 0.708. The second-order valence-electron chi connectivity index (χ2n) is 4.95. The molecule has 6 nitrogen and oxygen atoms in total. The van der Waals surface area contributed by atoms with E-state index in [2.05, 4.69) is 24.0 Å². The van der Waals surface area contributed by atoms with E-state index in [4.69, 9.17) is 14.0 Å². The van der Waals surface area contributed by atoms with Gasteiger partial charge in [-0.1, -0.05) is 19.0 Å². The minimum absolute atomic E-state index is 0.292. The standard InChI is InChI=1S/C13H22N2O4/c1-8(2)6-7-17-10(4)13(16)18-9(3)12-14-11(5)15-19-12/h8-10H,6-7H2,1-5H3. The van der Waals surface area contributed by atoms with Crippen molar-refractivity contribution < 1.29 is 18.8 Å². The number of carbonyl (C=O) groups is 1. The van der Waals surface area contributed by atoms with Crippen molar-refractivity contribution in [3.8, 4) is 0 Å². The van der Waals surface area contributed by atoms with Crippen molar-refractivity contribution in [2.45, 2.75) is 53.2 Å². The number of aryl methyl sites for hydroxylation is 1. The van der Waals surface area contributed by atoms with Crippen molar-refractivity contribution in [1.82, 2.24) is 10.1 Å². The van der Waals surface area contributed by atoms with Gasteiger partial charge in [-0.2, -0.15) is 4.98 Å². The van der Waals surface area contributed by atoms with Crippen molar-refractivity contribution in [2.24, 2.45) is 5.92 Å². The Morgan fingerprint density at radius 1 is 1.32 bits per heavy atom. The van der Waals surface area contributed by atoms with Gasteiger partial charge in [-0.25, -0.2) is 4.79 Å². The fourth-order valence-electron chi connectivity index (χ4n) is 1.35. The number of ether oxygens (including phenoxy) is 2.